The maximum absolute atomic E-state index is 11.0. The zero-order valence-electron chi connectivity index (χ0n) is 7.67. The van der Waals surface area contributed by atoms with Gasteiger partial charge < -0.3 is 9.39 Å². The van der Waals surface area contributed by atoms with Gasteiger partial charge in [0.2, 0.25) is 0 Å². The lowest BCUT2D eigenvalue weighted by atomic mass is 10.4. The van der Waals surface area contributed by atoms with Crippen LogP contribution in [-0.4, -0.2) is 37.4 Å². The molecule has 0 aromatic rings. The molecule has 1 N–H and O–H groups in total. The summed E-state index contributed by atoms with van der Waals surface area (Å²) in [6.07, 6.45) is -0.268. The predicted octanol–water partition coefficient (Wildman–Crippen LogP) is -0.795. The van der Waals surface area contributed by atoms with Crippen LogP contribution in [0.1, 0.15) is 19.3 Å². The molecular formula is C7H9NO6S. The summed E-state index contributed by atoms with van der Waals surface area (Å²) >= 11 is -2.10. The fourth-order valence-electron chi connectivity index (χ4n) is 0.976. The van der Waals surface area contributed by atoms with E-state index in [1.54, 1.807) is 0 Å². The Labute approximate surface area is 87.6 Å². The van der Waals surface area contributed by atoms with Crippen LogP contribution < -0.4 is 0 Å². The highest BCUT2D eigenvalue weighted by Gasteiger charge is 2.32. The van der Waals surface area contributed by atoms with E-state index in [4.69, 9.17) is 4.55 Å². The average Bonchev–Trinajstić information content (AvgIpc) is 2.46. The molecule has 0 radical (unpaired) electrons. The molecule has 0 aromatic carbocycles. The summed E-state index contributed by atoms with van der Waals surface area (Å²) in [4.78, 5) is 37.4. The predicted molar refractivity (Wildman–Crippen MR) is 47.4 cm³/mol. The molecular weight excluding hydrogens is 226 g/mol. The summed E-state index contributed by atoms with van der Waals surface area (Å²) in [7, 11) is 0. The van der Waals surface area contributed by atoms with Crippen molar-refractivity contribution in [1.82, 2.24) is 5.06 Å². The van der Waals surface area contributed by atoms with E-state index in [0.717, 1.165) is 0 Å². The smallest absolute Gasteiger partial charge is 0.330 e. The third kappa shape index (κ3) is 3.40. The monoisotopic (exact) mass is 235 g/mol. The minimum absolute atomic E-state index is 0.0258. The van der Waals surface area contributed by atoms with Crippen molar-refractivity contribution in [2.24, 2.45) is 0 Å². The summed E-state index contributed by atoms with van der Waals surface area (Å²) in [6, 6.07) is 0. The Kier molecular flexibility index (Phi) is 3.92. The van der Waals surface area contributed by atoms with Gasteiger partial charge in [-0.15, -0.1) is 5.06 Å². The Hall–Kier alpha value is -1.28. The first-order valence-electron chi connectivity index (χ1n) is 4.14. The van der Waals surface area contributed by atoms with Gasteiger partial charge in [-0.1, -0.05) is 0 Å². The van der Waals surface area contributed by atoms with Crippen LogP contribution in [0.4, 0.5) is 0 Å². The number of nitrogens with zero attached hydrogens (tertiary/aromatic N) is 1. The van der Waals surface area contributed by atoms with Crippen molar-refractivity contribution in [1.29, 1.82) is 0 Å². The quantitative estimate of drug-likeness (QED) is 0.506. The maximum Gasteiger partial charge on any atom is 0.334 e. The molecule has 1 saturated heterocycles. The van der Waals surface area contributed by atoms with Crippen molar-refractivity contribution in [2.45, 2.75) is 19.3 Å². The van der Waals surface area contributed by atoms with Gasteiger partial charge in [-0.05, 0) is 0 Å². The van der Waals surface area contributed by atoms with E-state index in [9.17, 15) is 18.6 Å². The number of hydrogen-bond acceptors (Lipinski definition) is 5. The van der Waals surface area contributed by atoms with Crippen molar-refractivity contribution < 1.29 is 28.0 Å². The Balaban J connectivity index is 2.40. The van der Waals surface area contributed by atoms with Crippen LogP contribution >= 0.6 is 0 Å². The standard InChI is InChI=1S/C7H9NO6S/c9-5-1-2-6(10)8(5)14-7(11)3-4-15(12)13/h1-4H2,(H,12,13). The van der Waals surface area contributed by atoms with Crippen LogP contribution in [0, 0.1) is 0 Å². The molecule has 0 aromatic heterocycles. The summed E-state index contributed by atoms with van der Waals surface area (Å²) in [5.74, 6) is -2.30. The van der Waals surface area contributed by atoms with E-state index in [0.29, 0.717) is 5.06 Å². The Morgan fingerprint density at radius 3 is 2.40 bits per heavy atom. The Bertz CT molecular complexity index is 311. The number of hydroxylamine groups is 2. The van der Waals surface area contributed by atoms with Gasteiger partial charge in [-0.25, -0.2) is 9.00 Å². The highest BCUT2D eigenvalue weighted by Crippen LogP contribution is 2.12. The van der Waals surface area contributed by atoms with Gasteiger partial charge >= 0.3 is 5.97 Å². The fraction of sp³-hybridized carbons (Fsp3) is 0.571. The van der Waals surface area contributed by atoms with Gasteiger partial charge in [0, 0.05) is 12.8 Å². The van der Waals surface area contributed by atoms with Crippen molar-refractivity contribution in [3.8, 4) is 0 Å². The molecule has 1 heterocycles. The maximum atomic E-state index is 11.0. The van der Waals surface area contributed by atoms with Gasteiger partial charge in [0.25, 0.3) is 11.8 Å². The first kappa shape index (κ1) is 11.8. The molecule has 1 fully saturated rings. The average molecular weight is 235 g/mol. The number of amides is 2. The van der Waals surface area contributed by atoms with Gasteiger partial charge in [0.15, 0.2) is 11.1 Å². The van der Waals surface area contributed by atoms with E-state index < -0.39 is 28.9 Å². The van der Waals surface area contributed by atoms with E-state index in [-0.39, 0.29) is 25.0 Å². The Morgan fingerprint density at radius 1 is 1.40 bits per heavy atom. The Morgan fingerprint density at radius 2 is 1.93 bits per heavy atom. The van der Waals surface area contributed by atoms with Crippen molar-refractivity contribution >= 4 is 28.9 Å². The lowest BCUT2D eigenvalue weighted by molar-refractivity contribution is -0.197. The molecule has 7 nitrogen and oxygen atoms in total. The van der Waals surface area contributed by atoms with E-state index in [1.807, 2.05) is 0 Å². The second kappa shape index (κ2) is 4.99. The molecule has 8 heteroatoms. The molecule has 1 atom stereocenters. The van der Waals surface area contributed by atoms with Gasteiger partial charge in [0.05, 0.1) is 12.2 Å². The number of hydrogen-bond donors (Lipinski definition) is 1. The van der Waals surface area contributed by atoms with Gasteiger partial charge in [0.1, 0.15) is 0 Å². The summed E-state index contributed by atoms with van der Waals surface area (Å²) in [5.41, 5.74) is 0. The van der Waals surface area contributed by atoms with E-state index in [2.05, 4.69) is 4.84 Å². The van der Waals surface area contributed by atoms with E-state index in [1.165, 1.54) is 0 Å². The van der Waals surface area contributed by atoms with Crippen LogP contribution in [0.25, 0.3) is 0 Å². The van der Waals surface area contributed by atoms with Crippen LogP contribution in [0.2, 0.25) is 0 Å². The molecule has 1 aliphatic heterocycles. The molecule has 0 bridgehead atoms. The summed E-state index contributed by atoms with van der Waals surface area (Å²) in [6.45, 7) is 0. The normalized spacial score (nSPS) is 18.1. The molecule has 84 valence electrons. The van der Waals surface area contributed by atoms with Crippen molar-refractivity contribution in [3.63, 3.8) is 0 Å². The fourth-order valence-corrected chi connectivity index (χ4v) is 1.32. The van der Waals surface area contributed by atoms with Crippen LogP contribution in [-0.2, 0) is 30.3 Å². The second-order valence-corrected chi connectivity index (χ2v) is 3.87. The van der Waals surface area contributed by atoms with Crippen LogP contribution in [0.5, 0.6) is 0 Å². The molecule has 0 saturated carbocycles. The summed E-state index contributed by atoms with van der Waals surface area (Å²) in [5, 5.41) is 0.405. The number of imide groups is 1. The topological polar surface area (TPSA) is 101 Å². The second-order valence-electron chi connectivity index (χ2n) is 2.82. The molecule has 0 spiro atoms. The van der Waals surface area contributed by atoms with Gasteiger partial charge in [-0.2, -0.15) is 0 Å². The molecule has 2 amide bonds. The number of carbonyl (C=O) groups excluding carboxylic acids is 3. The highest BCUT2D eigenvalue weighted by atomic mass is 32.2. The molecule has 1 unspecified atom stereocenters. The highest BCUT2D eigenvalue weighted by molar-refractivity contribution is 7.79. The van der Waals surface area contributed by atoms with Crippen LogP contribution in [0.15, 0.2) is 0 Å². The SMILES string of the molecule is O=C(CCS(=O)O)ON1C(=O)CCC1=O. The zero-order valence-corrected chi connectivity index (χ0v) is 8.49. The molecule has 1 aliphatic rings. The third-order valence-corrected chi connectivity index (χ3v) is 2.23. The minimum Gasteiger partial charge on any atom is -0.330 e. The van der Waals surface area contributed by atoms with Crippen molar-refractivity contribution in [2.75, 3.05) is 5.75 Å². The number of carbonyl (C=O) groups is 3. The molecule has 15 heavy (non-hydrogen) atoms. The lowest BCUT2D eigenvalue weighted by Gasteiger charge is -2.11. The van der Waals surface area contributed by atoms with Crippen molar-refractivity contribution in [3.05, 3.63) is 0 Å². The third-order valence-electron chi connectivity index (χ3n) is 1.68. The van der Waals surface area contributed by atoms with E-state index >= 15 is 0 Å². The van der Waals surface area contributed by atoms with Crippen LogP contribution in [0.3, 0.4) is 0 Å². The zero-order chi connectivity index (χ0) is 11.4. The van der Waals surface area contributed by atoms with Gasteiger partial charge in [-0.3, -0.25) is 9.59 Å². The molecule has 1 rings (SSSR count). The lowest BCUT2D eigenvalue weighted by Crippen LogP contribution is -2.32. The first-order valence-corrected chi connectivity index (χ1v) is 5.42. The largest absolute Gasteiger partial charge is 0.334 e. The number of rotatable bonds is 4. The molecule has 0 aliphatic carbocycles. The minimum atomic E-state index is -2.10. The summed E-state index contributed by atoms with van der Waals surface area (Å²) < 4.78 is 18.6. The first-order chi connectivity index (χ1) is 7.00.